The van der Waals surface area contributed by atoms with E-state index >= 15 is 0 Å². The molecule has 7 nitrogen and oxygen atoms in total. The summed E-state index contributed by atoms with van der Waals surface area (Å²) in [5, 5.41) is 13.6. The number of nitrogens with zero attached hydrogens (tertiary/aromatic N) is 2. The zero-order valence-electron chi connectivity index (χ0n) is 11.5. The van der Waals surface area contributed by atoms with Crippen LogP contribution in [0.5, 0.6) is 0 Å². The van der Waals surface area contributed by atoms with Gasteiger partial charge in [-0.15, -0.1) is 0 Å². The number of likely N-dealkylation sites (N-methyl/N-ethyl adjacent to an activating group) is 1. The van der Waals surface area contributed by atoms with E-state index in [2.05, 4.69) is 5.32 Å². The lowest BCUT2D eigenvalue weighted by atomic mass is 10.3. The molecule has 9 heteroatoms. The maximum atomic E-state index is 14.0. The second-order valence-corrected chi connectivity index (χ2v) is 6.59. The molecule has 0 saturated carbocycles. The summed E-state index contributed by atoms with van der Waals surface area (Å²) in [6, 6.07) is 2.35. The predicted molar refractivity (Wildman–Crippen MR) is 73.9 cm³/mol. The van der Waals surface area contributed by atoms with Gasteiger partial charge in [0.1, 0.15) is 10.7 Å². The van der Waals surface area contributed by atoms with E-state index in [9.17, 15) is 22.9 Å². The molecular formula is C12H16FN3O4S. The van der Waals surface area contributed by atoms with E-state index in [-0.39, 0.29) is 12.6 Å². The third-order valence-corrected chi connectivity index (χ3v) is 5.53. The molecule has 21 heavy (non-hydrogen) atoms. The number of rotatable bonds is 5. The van der Waals surface area contributed by atoms with Gasteiger partial charge in [0.2, 0.25) is 10.0 Å². The van der Waals surface area contributed by atoms with E-state index in [1.165, 1.54) is 4.31 Å². The van der Waals surface area contributed by atoms with Crippen molar-refractivity contribution in [2.24, 2.45) is 0 Å². The van der Waals surface area contributed by atoms with Gasteiger partial charge < -0.3 is 5.32 Å². The maximum Gasteiger partial charge on any atom is 0.272 e. The molecule has 116 valence electrons. The maximum absolute atomic E-state index is 14.0. The quantitative estimate of drug-likeness (QED) is 0.648. The summed E-state index contributed by atoms with van der Waals surface area (Å²) < 4.78 is 40.3. The van der Waals surface area contributed by atoms with Gasteiger partial charge in [0.05, 0.1) is 11.0 Å². The largest absolute Gasteiger partial charge is 0.315 e. The molecule has 1 aliphatic rings. The van der Waals surface area contributed by atoms with Crippen LogP contribution in [0.3, 0.4) is 0 Å². The lowest BCUT2D eigenvalue weighted by molar-refractivity contribution is -0.385. The highest BCUT2D eigenvalue weighted by atomic mass is 32.2. The van der Waals surface area contributed by atoms with Crippen molar-refractivity contribution < 1.29 is 17.7 Å². The van der Waals surface area contributed by atoms with Crippen molar-refractivity contribution >= 4 is 15.7 Å². The molecule has 0 radical (unpaired) electrons. The van der Waals surface area contributed by atoms with Gasteiger partial charge in [0.15, 0.2) is 0 Å². The first-order chi connectivity index (χ1) is 9.87. The number of nitrogens with one attached hydrogen (secondary N) is 1. The number of nitro groups is 1. The van der Waals surface area contributed by atoms with Crippen molar-refractivity contribution in [1.82, 2.24) is 9.62 Å². The number of nitro benzene ring substituents is 1. The standard InChI is InChI=1S/C12H16FN3O4S/c1-2-15(10-5-6-14-8-10)21(19,20)12-4-3-9(16(17)18)7-11(12)13/h3-4,7,10,14H,2,5-6,8H2,1H3. The highest BCUT2D eigenvalue weighted by Gasteiger charge is 2.34. The first kappa shape index (κ1) is 15.8. The van der Waals surface area contributed by atoms with Crippen LogP contribution >= 0.6 is 0 Å². The SMILES string of the molecule is CCN(C1CCNC1)S(=O)(=O)c1ccc([N+](=O)[O-])cc1F. The van der Waals surface area contributed by atoms with Crippen LogP contribution in [0.1, 0.15) is 13.3 Å². The van der Waals surface area contributed by atoms with Crippen LogP contribution in [0.15, 0.2) is 23.1 Å². The third kappa shape index (κ3) is 3.04. The van der Waals surface area contributed by atoms with E-state index < -0.39 is 31.3 Å². The van der Waals surface area contributed by atoms with Crippen LogP contribution in [0.25, 0.3) is 0 Å². The minimum Gasteiger partial charge on any atom is -0.315 e. The van der Waals surface area contributed by atoms with Gasteiger partial charge in [-0.25, -0.2) is 12.8 Å². The Labute approximate surface area is 122 Å². The Morgan fingerprint density at radius 3 is 2.71 bits per heavy atom. The fourth-order valence-corrected chi connectivity index (χ4v) is 4.16. The smallest absolute Gasteiger partial charge is 0.272 e. The molecule has 0 aromatic heterocycles. The lowest BCUT2D eigenvalue weighted by Crippen LogP contribution is -2.41. The van der Waals surface area contributed by atoms with Gasteiger partial charge in [0.25, 0.3) is 5.69 Å². The van der Waals surface area contributed by atoms with Crippen molar-refractivity contribution in [3.8, 4) is 0 Å². The average molecular weight is 317 g/mol. The van der Waals surface area contributed by atoms with E-state index in [0.717, 1.165) is 12.1 Å². The monoisotopic (exact) mass is 317 g/mol. The molecule has 0 amide bonds. The molecule has 1 fully saturated rings. The van der Waals surface area contributed by atoms with Crippen molar-refractivity contribution in [1.29, 1.82) is 0 Å². The topological polar surface area (TPSA) is 92.6 Å². The molecule has 1 aliphatic heterocycles. The molecule has 1 atom stereocenters. The molecule has 1 saturated heterocycles. The second-order valence-electron chi connectivity index (χ2n) is 4.73. The van der Waals surface area contributed by atoms with E-state index in [1.54, 1.807) is 6.92 Å². The van der Waals surface area contributed by atoms with Crippen LogP contribution in [-0.2, 0) is 10.0 Å². The van der Waals surface area contributed by atoms with Crippen molar-refractivity contribution in [3.05, 3.63) is 34.1 Å². The third-order valence-electron chi connectivity index (χ3n) is 3.47. The van der Waals surface area contributed by atoms with Crippen LogP contribution in [0.4, 0.5) is 10.1 Å². The number of halogens is 1. The normalized spacial score (nSPS) is 19.1. The van der Waals surface area contributed by atoms with Crippen LogP contribution in [0, 0.1) is 15.9 Å². The number of hydrogen-bond acceptors (Lipinski definition) is 5. The summed E-state index contributed by atoms with van der Waals surface area (Å²) in [7, 11) is -4.01. The fraction of sp³-hybridized carbons (Fsp3) is 0.500. The number of sulfonamides is 1. The predicted octanol–water partition coefficient (Wildman–Crippen LogP) is 1.11. The summed E-state index contributed by atoms with van der Waals surface area (Å²) in [5.41, 5.74) is -0.475. The Morgan fingerprint density at radius 2 is 2.24 bits per heavy atom. The Morgan fingerprint density at radius 1 is 1.52 bits per heavy atom. The number of non-ortho nitro benzene ring substituents is 1. The number of benzene rings is 1. The van der Waals surface area contributed by atoms with Crippen LogP contribution < -0.4 is 5.32 Å². The molecule has 1 aromatic rings. The van der Waals surface area contributed by atoms with Crippen LogP contribution in [-0.4, -0.2) is 43.3 Å². The minimum atomic E-state index is -4.01. The Balaban J connectivity index is 2.40. The van der Waals surface area contributed by atoms with Gasteiger partial charge in [-0.1, -0.05) is 6.92 Å². The molecule has 1 heterocycles. The first-order valence-corrected chi connectivity index (χ1v) is 7.98. The Kier molecular flexibility index (Phi) is 4.55. The molecule has 1 unspecified atom stereocenters. The minimum absolute atomic E-state index is 0.213. The molecule has 1 aromatic carbocycles. The highest BCUT2D eigenvalue weighted by Crippen LogP contribution is 2.25. The van der Waals surface area contributed by atoms with Crippen molar-refractivity contribution in [3.63, 3.8) is 0 Å². The summed E-state index contributed by atoms with van der Waals surface area (Å²) in [4.78, 5) is 9.29. The zero-order valence-corrected chi connectivity index (χ0v) is 12.3. The zero-order chi connectivity index (χ0) is 15.6. The Hall–Kier alpha value is -1.58. The summed E-state index contributed by atoms with van der Waals surface area (Å²) in [6.07, 6.45) is 0.654. The Bertz CT molecular complexity index is 644. The summed E-state index contributed by atoms with van der Waals surface area (Å²) in [6.45, 7) is 3.12. The van der Waals surface area contributed by atoms with Gasteiger partial charge in [-0.2, -0.15) is 4.31 Å². The molecule has 0 spiro atoms. The van der Waals surface area contributed by atoms with E-state index in [4.69, 9.17) is 0 Å². The van der Waals surface area contributed by atoms with Gasteiger partial charge in [-0.3, -0.25) is 10.1 Å². The van der Waals surface area contributed by atoms with Gasteiger partial charge >= 0.3 is 0 Å². The average Bonchev–Trinajstić information content (AvgIpc) is 2.92. The van der Waals surface area contributed by atoms with Crippen molar-refractivity contribution in [2.75, 3.05) is 19.6 Å². The molecule has 0 aliphatic carbocycles. The highest BCUT2D eigenvalue weighted by molar-refractivity contribution is 7.89. The molecule has 0 bridgehead atoms. The van der Waals surface area contributed by atoms with Gasteiger partial charge in [0, 0.05) is 25.2 Å². The van der Waals surface area contributed by atoms with Crippen molar-refractivity contribution in [2.45, 2.75) is 24.3 Å². The summed E-state index contributed by atoms with van der Waals surface area (Å²) >= 11 is 0. The second kappa shape index (κ2) is 6.04. The fourth-order valence-electron chi connectivity index (χ4n) is 2.45. The number of hydrogen-bond donors (Lipinski definition) is 1. The summed E-state index contributed by atoms with van der Waals surface area (Å²) in [5.74, 6) is -1.10. The van der Waals surface area contributed by atoms with Gasteiger partial charge in [-0.05, 0) is 19.0 Å². The molecular weight excluding hydrogens is 301 g/mol. The lowest BCUT2D eigenvalue weighted by Gasteiger charge is -2.26. The van der Waals surface area contributed by atoms with Crippen LogP contribution in [0.2, 0.25) is 0 Å². The first-order valence-electron chi connectivity index (χ1n) is 6.54. The molecule has 1 N–H and O–H groups in total. The van der Waals surface area contributed by atoms with E-state index in [1.807, 2.05) is 0 Å². The van der Waals surface area contributed by atoms with E-state index in [0.29, 0.717) is 25.6 Å². The molecule has 2 rings (SSSR count).